The van der Waals surface area contributed by atoms with Crippen molar-refractivity contribution in [2.75, 3.05) is 37.7 Å². The topological polar surface area (TPSA) is 71.7 Å². The molecule has 1 fully saturated rings. The van der Waals surface area contributed by atoms with Gasteiger partial charge in [-0.15, -0.1) is 0 Å². The number of hydrogen-bond acceptors (Lipinski definition) is 7. The van der Waals surface area contributed by atoms with Crippen LogP contribution in [0.2, 0.25) is 0 Å². The molecule has 2 aromatic heterocycles. The summed E-state index contributed by atoms with van der Waals surface area (Å²) in [6.07, 6.45) is 0. The van der Waals surface area contributed by atoms with Gasteiger partial charge in [-0.3, -0.25) is 4.79 Å². The lowest BCUT2D eigenvalue weighted by Gasteiger charge is -2.34. The van der Waals surface area contributed by atoms with E-state index < -0.39 is 0 Å². The Hall–Kier alpha value is -3.39. The zero-order valence-electron chi connectivity index (χ0n) is 17.2. The molecule has 1 saturated heterocycles. The molecule has 5 rings (SSSR count). The smallest absolute Gasteiger partial charge is 0.276 e. The van der Waals surface area contributed by atoms with Crippen molar-refractivity contribution in [1.29, 1.82) is 0 Å². The number of fused-ring (bicyclic) bond motifs is 1. The van der Waals surface area contributed by atoms with Gasteiger partial charge < -0.3 is 19.1 Å². The van der Waals surface area contributed by atoms with Crippen LogP contribution in [0.1, 0.15) is 17.4 Å². The quantitative estimate of drug-likeness (QED) is 0.466. The average Bonchev–Trinajstić information content (AvgIpc) is 3.47. The molecule has 0 bridgehead atoms. The maximum Gasteiger partial charge on any atom is 0.276 e. The Bertz CT molecular complexity index is 1200. The highest BCUT2D eigenvalue weighted by molar-refractivity contribution is 7.22. The van der Waals surface area contributed by atoms with Gasteiger partial charge in [-0.25, -0.2) is 4.98 Å². The van der Waals surface area contributed by atoms with Crippen LogP contribution < -0.4 is 9.64 Å². The summed E-state index contributed by atoms with van der Waals surface area (Å²) in [5, 5.41) is 4.97. The fraction of sp³-hybridized carbons (Fsp3) is 0.261. The molecule has 0 saturated carbocycles. The number of rotatable bonds is 5. The lowest BCUT2D eigenvalue weighted by molar-refractivity contribution is 0.0736. The number of ether oxygens (including phenoxy) is 1. The maximum absolute atomic E-state index is 12.9. The monoisotopic (exact) mass is 434 g/mol. The lowest BCUT2D eigenvalue weighted by Crippen LogP contribution is -2.48. The number of benzene rings is 2. The number of amides is 1. The molecule has 1 amide bonds. The number of carbonyl (C=O) groups excluding carboxylic acids is 1. The fourth-order valence-corrected chi connectivity index (χ4v) is 4.71. The first-order valence-electron chi connectivity index (χ1n) is 10.3. The van der Waals surface area contributed by atoms with Gasteiger partial charge in [0.05, 0.1) is 16.8 Å². The van der Waals surface area contributed by atoms with Crippen molar-refractivity contribution in [2.24, 2.45) is 0 Å². The fourth-order valence-electron chi connectivity index (χ4n) is 3.66. The zero-order chi connectivity index (χ0) is 21.2. The van der Waals surface area contributed by atoms with E-state index in [1.807, 2.05) is 60.4 Å². The highest BCUT2D eigenvalue weighted by Crippen LogP contribution is 2.32. The van der Waals surface area contributed by atoms with Crippen LogP contribution in [0.15, 0.2) is 59.1 Å². The van der Waals surface area contributed by atoms with E-state index in [1.54, 1.807) is 17.4 Å². The molecule has 4 aromatic rings. The molecule has 0 spiro atoms. The summed E-state index contributed by atoms with van der Waals surface area (Å²) in [5.41, 5.74) is 2.22. The highest BCUT2D eigenvalue weighted by Gasteiger charge is 2.26. The summed E-state index contributed by atoms with van der Waals surface area (Å²) < 4.78 is 12.1. The number of hydrogen-bond donors (Lipinski definition) is 0. The van der Waals surface area contributed by atoms with Crippen LogP contribution in [-0.4, -0.2) is 53.7 Å². The Morgan fingerprint density at radius 3 is 2.68 bits per heavy atom. The van der Waals surface area contributed by atoms with Crippen LogP contribution in [-0.2, 0) is 0 Å². The minimum absolute atomic E-state index is 0.101. The first-order valence-corrected chi connectivity index (χ1v) is 11.1. The van der Waals surface area contributed by atoms with Crippen LogP contribution in [0, 0.1) is 0 Å². The predicted octanol–water partition coefficient (Wildman–Crippen LogP) is 4.31. The maximum atomic E-state index is 12.9. The third kappa shape index (κ3) is 3.98. The van der Waals surface area contributed by atoms with Gasteiger partial charge in [-0.2, -0.15) is 0 Å². The standard InChI is InChI=1S/C23H22N4O3S/c1-2-29-17-8-9-18-21(14-17)31-23(24-18)27-12-10-26(11-13-27)22(28)19-15-20(30-25-19)16-6-4-3-5-7-16/h3-9,14-15H,2,10-13H2,1H3. The third-order valence-electron chi connectivity index (χ3n) is 5.28. The van der Waals surface area contributed by atoms with Crippen molar-refractivity contribution >= 4 is 32.6 Å². The largest absolute Gasteiger partial charge is 0.494 e. The molecule has 158 valence electrons. The SMILES string of the molecule is CCOc1ccc2nc(N3CCN(C(=O)c4cc(-c5ccccc5)on4)CC3)sc2c1. The first kappa shape index (κ1) is 19.6. The Morgan fingerprint density at radius 2 is 1.90 bits per heavy atom. The molecular formula is C23H22N4O3S. The second-order valence-electron chi connectivity index (χ2n) is 7.28. The van der Waals surface area contributed by atoms with E-state index in [0.29, 0.717) is 31.2 Å². The third-order valence-corrected chi connectivity index (χ3v) is 6.36. The molecule has 2 aromatic carbocycles. The van der Waals surface area contributed by atoms with Gasteiger partial charge in [0, 0.05) is 37.8 Å². The summed E-state index contributed by atoms with van der Waals surface area (Å²) >= 11 is 1.65. The van der Waals surface area contributed by atoms with Gasteiger partial charge in [0.1, 0.15) is 5.75 Å². The van der Waals surface area contributed by atoms with Crippen molar-refractivity contribution in [3.05, 3.63) is 60.3 Å². The van der Waals surface area contributed by atoms with E-state index in [1.165, 1.54) is 0 Å². The Balaban J connectivity index is 1.25. The van der Waals surface area contributed by atoms with Crippen molar-refractivity contribution in [3.63, 3.8) is 0 Å². The molecule has 0 N–H and O–H groups in total. The number of carbonyl (C=O) groups is 1. The van der Waals surface area contributed by atoms with E-state index in [-0.39, 0.29) is 5.91 Å². The molecule has 1 aliphatic heterocycles. The molecule has 3 heterocycles. The second-order valence-corrected chi connectivity index (χ2v) is 8.29. The minimum atomic E-state index is -0.101. The van der Waals surface area contributed by atoms with Gasteiger partial charge in [-0.1, -0.05) is 46.8 Å². The van der Waals surface area contributed by atoms with Crippen molar-refractivity contribution in [3.8, 4) is 17.1 Å². The molecule has 0 atom stereocenters. The Kier molecular flexibility index (Phi) is 5.30. The molecule has 8 heteroatoms. The molecule has 7 nitrogen and oxygen atoms in total. The summed E-state index contributed by atoms with van der Waals surface area (Å²) in [4.78, 5) is 21.7. The van der Waals surface area contributed by atoms with Gasteiger partial charge in [0.15, 0.2) is 16.6 Å². The molecule has 0 aliphatic carbocycles. The van der Waals surface area contributed by atoms with Gasteiger partial charge in [0.2, 0.25) is 0 Å². The second kappa shape index (κ2) is 8.39. The lowest BCUT2D eigenvalue weighted by atomic mass is 10.1. The van der Waals surface area contributed by atoms with Crippen molar-refractivity contribution in [1.82, 2.24) is 15.0 Å². The predicted molar refractivity (Wildman–Crippen MR) is 121 cm³/mol. The zero-order valence-corrected chi connectivity index (χ0v) is 18.0. The van der Waals surface area contributed by atoms with E-state index in [4.69, 9.17) is 14.2 Å². The number of aromatic nitrogens is 2. The summed E-state index contributed by atoms with van der Waals surface area (Å²) in [7, 11) is 0. The molecule has 0 unspecified atom stereocenters. The molecule has 0 radical (unpaired) electrons. The first-order chi connectivity index (χ1) is 15.2. The summed E-state index contributed by atoms with van der Waals surface area (Å²) in [6, 6.07) is 17.4. The van der Waals surface area contributed by atoms with E-state index in [2.05, 4.69) is 10.1 Å². The normalized spacial score (nSPS) is 14.2. The number of piperazine rings is 1. The minimum Gasteiger partial charge on any atom is -0.494 e. The molecule has 31 heavy (non-hydrogen) atoms. The van der Waals surface area contributed by atoms with Crippen LogP contribution in [0.3, 0.4) is 0 Å². The Morgan fingerprint density at radius 1 is 1.10 bits per heavy atom. The van der Waals surface area contributed by atoms with Gasteiger partial charge in [-0.05, 0) is 25.1 Å². The molecular weight excluding hydrogens is 412 g/mol. The van der Waals surface area contributed by atoms with Gasteiger partial charge in [0.25, 0.3) is 5.91 Å². The molecule has 1 aliphatic rings. The summed E-state index contributed by atoms with van der Waals surface area (Å²) in [5.74, 6) is 1.36. The van der Waals surface area contributed by atoms with Crippen LogP contribution in [0.4, 0.5) is 5.13 Å². The van der Waals surface area contributed by atoms with E-state index in [0.717, 1.165) is 39.8 Å². The summed E-state index contributed by atoms with van der Waals surface area (Å²) in [6.45, 7) is 5.32. The van der Waals surface area contributed by atoms with Crippen molar-refractivity contribution < 1.29 is 14.1 Å². The van der Waals surface area contributed by atoms with Crippen LogP contribution in [0.25, 0.3) is 21.5 Å². The number of nitrogens with zero attached hydrogens (tertiary/aromatic N) is 4. The average molecular weight is 435 g/mol. The van der Waals surface area contributed by atoms with Gasteiger partial charge >= 0.3 is 0 Å². The number of thiazole rings is 1. The van der Waals surface area contributed by atoms with E-state index in [9.17, 15) is 4.79 Å². The van der Waals surface area contributed by atoms with Crippen LogP contribution in [0.5, 0.6) is 5.75 Å². The van der Waals surface area contributed by atoms with Crippen molar-refractivity contribution in [2.45, 2.75) is 6.92 Å². The van der Waals surface area contributed by atoms with Crippen LogP contribution >= 0.6 is 11.3 Å². The number of anilines is 1. The van der Waals surface area contributed by atoms with E-state index >= 15 is 0 Å². The Labute approximate surface area is 183 Å². The highest BCUT2D eigenvalue weighted by atomic mass is 32.1.